The molecule has 15 heavy (non-hydrogen) atoms. The normalized spacial score (nSPS) is 10.5. The Bertz CT molecular complexity index is 332. The van der Waals surface area contributed by atoms with Crippen molar-refractivity contribution in [1.82, 2.24) is 0 Å². The molecule has 0 saturated heterocycles. The molecule has 0 saturated carbocycles. The Morgan fingerprint density at radius 2 is 1.93 bits per heavy atom. The predicted octanol–water partition coefficient (Wildman–Crippen LogP) is 3.38. The van der Waals surface area contributed by atoms with E-state index in [1.54, 1.807) is 0 Å². The number of rotatable bonds is 4. The molecule has 0 unspecified atom stereocenters. The lowest BCUT2D eigenvalue weighted by Crippen LogP contribution is -2.07. The Morgan fingerprint density at radius 3 is 2.47 bits per heavy atom. The van der Waals surface area contributed by atoms with Crippen molar-refractivity contribution in [1.29, 1.82) is 0 Å². The van der Waals surface area contributed by atoms with Crippen molar-refractivity contribution < 1.29 is 4.74 Å². The van der Waals surface area contributed by atoms with Crippen LogP contribution in [-0.4, -0.2) is 13.7 Å². The molecular formula is C13H21NO. The maximum absolute atomic E-state index is 5.81. The second-order valence-electron chi connectivity index (χ2n) is 4.41. The predicted molar refractivity (Wildman–Crippen MR) is 65.8 cm³/mol. The second-order valence-corrected chi connectivity index (χ2v) is 4.41. The van der Waals surface area contributed by atoms with Gasteiger partial charge < -0.3 is 10.1 Å². The third-order valence-electron chi connectivity index (χ3n) is 2.25. The zero-order chi connectivity index (χ0) is 11.4. The van der Waals surface area contributed by atoms with Crippen LogP contribution in [-0.2, 0) is 0 Å². The van der Waals surface area contributed by atoms with Gasteiger partial charge in [0.1, 0.15) is 5.75 Å². The first kappa shape index (κ1) is 11.9. The van der Waals surface area contributed by atoms with Crippen molar-refractivity contribution >= 4 is 5.69 Å². The number of benzene rings is 1. The van der Waals surface area contributed by atoms with Crippen LogP contribution in [0.5, 0.6) is 5.75 Å². The standard InChI is InChI=1S/C13H21NO/c1-9(2)8-15-13-11(4)6-10(3)7-12(13)14-5/h6-7,9,14H,8H2,1-5H3. The second kappa shape index (κ2) is 5.06. The first-order valence-electron chi connectivity index (χ1n) is 5.46. The van der Waals surface area contributed by atoms with Crippen LogP contribution in [0.2, 0.25) is 0 Å². The van der Waals surface area contributed by atoms with Crippen LogP contribution in [0.15, 0.2) is 12.1 Å². The molecule has 84 valence electrons. The fourth-order valence-corrected chi connectivity index (χ4v) is 1.58. The highest BCUT2D eigenvalue weighted by Crippen LogP contribution is 2.30. The Labute approximate surface area is 92.6 Å². The molecule has 0 bridgehead atoms. The Hall–Kier alpha value is -1.18. The minimum Gasteiger partial charge on any atom is -0.491 e. The zero-order valence-corrected chi connectivity index (χ0v) is 10.3. The van der Waals surface area contributed by atoms with Gasteiger partial charge in [-0.15, -0.1) is 0 Å². The van der Waals surface area contributed by atoms with Crippen LogP contribution in [0.3, 0.4) is 0 Å². The Balaban J connectivity index is 2.93. The van der Waals surface area contributed by atoms with E-state index in [4.69, 9.17) is 4.74 Å². The van der Waals surface area contributed by atoms with Crippen LogP contribution in [0.1, 0.15) is 25.0 Å². The highest BCUT2D eigenvalue weighted by molar-refractivity contribution is 5.61. The molecule has 0 atom stereocenters. The van der Waals surface area contributed by atoms with Crippen molar-refractivity contribution in [2.75, 3.05) is 19.0 Å². The van der Waals surface area contributed by atoms with Crippen LogP contribution in [0.25, 0.3) is 0 Å². The number of ether oxygens (including phenoxy) is 1. The van der Waals surface area contributed by atoms with E-state index < -0.39 is 0 Å². The molecule has 0 aliphatic rings. The summed E-state index contributed by atoms with van der Waals surface area (Å²) < 4.78 is 5.81. The fraction of sp³-hybridized carbons (Fsp3) is 0.538. The molecule has 1 N–H and O–H groups in total. The molecule has 0 aliphatic heterocycles. The van der Waals surface area contributed by atoms with Gasteiger partial charge in [-0.05, 0) is 37.0 Å². The van der Waals surface area contributed by atoms with E-state index in [0.717, 1.165) is 18.0 Å². The van der Waals surface area contributed by atoms with Gasteiger partial charge in [0.25, 0.3) is 0 Å². The Morgan fingerprint density at radius 1 is 1.27 bits per heavy atom. The van der Waals surface area contributed by atoms with Gasteiger partial charge in [0.15, 0.2) is 0 Å². The number of nitrogens with one attached hydrogen (secondary N) is 1. The number of hydrogen-bond acceptors (Lipinski definition) is 2. The maximum atomic E-state index is 5.81. The Kier molecular flexibility index (Phi) is 4.01. The smallest absolute Gasteiger partial charge is 0.145 e. The SMILES string of the molecule is CNc1cc(C)cc(C)c1OCC(C)C. The topological polar surface area (TPSA) is 21.3 Å². The van der Waals surface area contributed by atoms with Gasteiger partial charge in [0.2, 0.25) is 0 Å². The van der Waals surface area contributed by atoms with Crippen molar-refractivity contribution in [2.45, 2.75) is 27.7 Å². The van der Waals surface area contributed by atoms with E-state index in [1.807, 2.05) is 7.05 Å². The van der Waals surface area contributed by atoms with Crippen LogP contribution in [0.4, 0.5) is 5.69 Å². The molecule has 0 amide bonds. The van der Waals surface area contributed by atoms with E-state index in [0.29, 0.717) is 5.92 Å². The highest BCUT2D eigenvalue weighted by atomic mass is 16.5. The third kappa shape index (κ3) is 3.15. The summed E-state index contributed by atoms with van der Waals surface area (Å²) in [4.78, 5) is 0. The van der Waals surface area contributed by atoms with Gasteiger partial charge in [0.05, 0.1) is 12.3 Å². The number of aryl methyl sites for hydroxylation is 2. The van der Waals surface area contributed by atoms with E-state index in [2.05, 4.69) is 45.1 Å². The monoisotopic (exact) mass is 207 g/mol. The van der Waals surface area contributed by atoms with Gasteiger partial charge in [-0.1, -0.05) is 19.9 Å². The molecule has 2 nitrogen and oxygen atoms in total. The van der Waals surface area contributed by atoms with Crippen molar-refractivity contribution in [3.63, 3.8) is 0 Å². The molecule has 0 aliphatic carbocycles. The summed E-state index contributed by atoms with van der Waals surface area (Å²) >= 11 is 0. The average molecular weight is 207 g/mol. The molecule has 1 aromatic carbocycles. The van der Waals surface area contributed by atoms with Crippen LogP contribution < -0.4 is 10.1 Å². The average Bonchev–Trinajstić information content (AvgIpc) is 2.14. The van der Waals surface area contributed by atoms with Gasteiger partial charge in [-0.3, -0.25) is 0 Å². The first-order chi connectivity index (χ1) is 7.04. The van der Waals surface area contributed by atoms with Crippen molar-refractivity contribution in [3.05, 3.63) is 23.3 Å². The summed E-state index contributed by atoms with van der Waals surface area (Å²) in [6, 6.07) is 4.26. The molecule has 0 fully saturated rings. The van der Waals surface area contributed by atoms with Gasteiger partial charge in [-0.25, -0.2) is 0 Å². The molecule has 0 radical (unpaired) electrons. The van der Waals surface area contributed by atoms with Crippen molar-refractivity contribution in [3.8, 4) is 5.75 Å². The largest absolute Gasteiger partial charge is 0.491 e. The lowest BCUT2D eigenvalue weighted by molar-refractivity contribution is 0.270. The summed E-state index contributed by atoms with van der Waals surface area (Å²) in [6.45, 7) is 9.26. The first-order valence-corrected chi connectivity index (χ1v) is 5.46. The number of hydrogen-bond donors (Lipinski definition) is 1. The fourth-order valence-electron chi connectivity index (χ4n) is 1.58. The molecule has 0 heterocycles. The molecular weight excluding hydrogens is 186 g/mol. The molecule has 0 spiro atoms. The van der Waals surface area contributed by atoms with Crippen LogP contribution >= 0.6 is 0 Å². The molecule has 1 aromatic rings. The third-order valence-corrected chi connectivity index (χ3v) is 2.25. The number of anilines is 1. The quantitative estimate of drug-likeness (QED) is 0.817. The van der Waals surface area contributed by atoms with E-state index in [-0.39, 0.29) is 0 Å². The summed E-state index contributed by atoms with van der Waals surface area (Å²) in [5, 5.41) is 3.18. The van der Waals surface area contributed by atoms with Gasteiger partial charge in [0, 0.05) is 7.05 Å². The summed E-state index contributed by atoms with van der Waals surface area (Å²) in [7, 11) is 1.93. The molecule has 2 heteroatoms. The van der Waals surface area contributed by atoms with Gasteiger partial charge in [-0.2, -0.15) is 0 Å². The molecule has 0 aromatic heterocycles. The van der Waals surface area contributed by atoms with Crippen LogP contribution in [0, 0.1) is 19.8 Å². The maximum Gasteiger partial charge on any atom is 0.145 e. The van der Waals surface area contributed by atoms with E-state index >= 15 is 0 Å². The van der Waals surface area contributed by atoms with Gasteiger partial charge >= 0.3 is 0 Å². The lowest BCUT2D eigenvalue weighted by atomic mass is 10.1. The van der Waals surface area contributed by atoms with E-state index in [9.17, 15) is 0 Å². The lowest BCUT2D eigenvalue weighted by Gasteiger charge is -2.16. The molecule has 1 rings (SSSR count). The van der Waals surface area contributed by atoms with Crippen molar-refractivity contribution in [2.24, 2.45) is 5.92 Å². The highest BCUT2D eigenvalue weighted by Gasteiger charge is 2.07. The summed E-state index contributed by atoms with van der Waals surface area (Å²) in [6.07, 6.45) is 0. The zero-order valence-electron chi connectivity index (χ0n) is 10.3. The minimum absolute atomic E-state index is 0.551. The minimum atomic E-state index is 0.551. The summed E-state index contributed by atoms with van der Waals surface area (Å²) in [5.74, 6) is 1.53. The van der Waals surface area contributed by atoms with E-state index in [1.165, 1.54) is 11.1 Å². The summed E-state index contributed by atoms with van der Waals surface area (Å²) in [5.41, 5.74) is 3.53.